The Morgan fingerprint density at radius 3 is 2.45 bits per heavy atom. The Hall–Kier alpha value is -0.220. The molecule has 6 nitrogen and oxygen atoms in total. The molecule has 0 aromatic rings. The molecule has 1 amide bonds. The first kappa shape index (κ1) is 25.0. The minimum Gasteiger partial charge on any atom is -0.355 e. The van der Waals surface area contributed by atoms with Gasteiger partial charge in [-0.1, -0.05) is 19.3 Å². The molecular weight excluding hydrogens is 497 g/mol. The van der Waals surface area contributed by atoms with Crippen LogP contribution in [0, 0.1) is 5.92 Å². The first-order valence-corrected chi connectivity index (χ1v) is 12.5. The fourth-order valence-electron chi connectivity index (χ4n) is 4.83. The molecule has 8 heteroatoms. The van der Waals surface area contributed by atoms with Gasteiger partial charge in [0, 0.05) is 63.5 Å². The highest BCUT2D eigenvalue weighted by molar-refractivity contribution is 14.0. The number of carbonyl (C=O) groups is 1. The Bertz CT molecular complexity index is 521. The van der Waals surface area contributed by atoms with Crippen molar-refractivity contribution in [3.63, 3.8) is 0 Å². The van der Waals surface area contributed by atoms with Crippen molar-refractivity contribution in [2.24, 2.45) is 10.9 Å². The van der Waals surface area contributed by atoms with E-state index >= 15 is 0 Å². The second-order valence-corrected chi connectivity index (χ2v) is 9.65. The van der Waals surface area contributed by atoms with E-state index in [1.165, 1.54) is 38.5 Å². The van der Waals surface area contributed by atoms with Crippen molar-refractivity contribution >= 4 is 47.6 Å². The molecule has 2 aliphatic carbocycles. The number of hydrogen-bond acceptors (Lipinski definition) is 4. The van der Waals surface area contributed by atoms with Crippen LogP contribution in [0.3, 0.4) is 0 Å². The van der Waals surface area contributed by atoms with Crippen LogP contribution in [0.4, 0.5) is 0 Å². The van der Waals surface area contributed by atoms with Crippen molar-refractivity contribution < 1.29 is 4.79 Å². The van der Waals surface area contributed by atoms with Crippen molar-refractivity contribution in [1.29, 1.82) is 0 Å². The number of aliphatic imine (C=N–C) groups is 1. The van der Waals surface area contributed by atoms with Crippen LogP contribution >= 0.6 is 35.7 Å². The van der Waals surface area contributed by atoms with Crippen LogP contribution in [-0.2, 0) is 4.79 Å². The monoisotopic (exact) mass is 537 g/mol. The number of guanidine groups is 1. The minimum atomic E-state index is 0. The third-order valence-electron chi connectivity index (χ3n) is 6.63. The molecule has 3 rings (SSSR count). The Morgan fingerprint density at radius 1 is 1.07 bits per heavy atom. The molecular formula is C21H40IN5OS. The van der Waals surface area contributed by atoms with E-state index in [1.807, 2.05) is 18.8 Å². The van der Waals surface area contributed by atoms with Gasteiger partial charge in [0.15, 0.2) is 5.96 Å². The van der Waals surface area contributed by atoms with Gasteiger partial charge in [-0.2, -0.15) is 11.8 Å². The van der Waals surface area contributed by atoms with E-state index < -0.39 is 0 Å². The number of amides is 1. The fraction of sp³-hybridized carbons (Fsp3) is 0.905. The maximum Gasteiger partial charge on any atom is 0.225 e. The van der Waals surface area contributed by atoms with Gasteiger partial charge in [-0.25, -0.2) is 0 Å². The smallest absolute Gasteiger partial charge is 0.225 e. The third kappa shape index (κ3) is 7.76. The van der Waals surface area contributed by atoms with E-state index in [2.05, 4.69) is 31.7 Å². The van der Waals surface area contributed by atoms with Gasteiger partial charge in [-0.05, 0) is 38.4 Å². The second-order valence-electron chi connectivity index (χ2n) is 8.51. The summed E-state index contributed by atoms with van der Waals surface area (Å²) in [6.07, 6.45) is 12.0. The van der Waals surface area contributed by atoms with Crippen molar-refractivity contribution in [3.05, 3.63) is 0 Å². The van der Waals surface area contributed by atoms with Crippen LogP contribution in [0.5, 0.6) is 0 Å². The topological polar surface area (TPSA) is 60.0 Å². The lowest BCUT2D eigenvalue weighted by Gasteiger charge is -2.36. The fourth-order valence-corrected chi connectivity index (χ4v) is 5.66. The van der Waals surface area contributed by atoms with Gasteiger partial charge < -0.3 is 15.5 Å². The molecule has 1 heterocycles. The quantitative estimate of drug-likeness (QED) is 0.310. The maximum absolute atomic E-state index is 12.6. The third-order valence-corrected chi connectivity index (χ3v) is 7.73. The molecule has 1 saturated heterocycles. The lowest BCUT2D eigenvalue weighted by atomic mass is 9.95. The predicted molar refractivity (Wildman–Crippen MR) is 134 cm³/mol. The molecule has 168 valence electrons. The lowest BCUT2D eigenvalue weighted by Crippen LogP contribution is -2.52. The van der Waals surface area contributed by atoms with Gasteiger partial charge in [0.05, 0.1) is 0 Å². The highest BCUT2D eigenvalue weighted by atomic mass is 127. The van der Waals surface area contributed by atoms with Crippen molar-refractivity contribution in [2.75, 3.05) is 52.6 Å². The van der Waals surface area contributed by atoms with E-state index in [-0.39, 0.29) is 24.0 Å². The zero-order valence-corrected chi connectivity index (χ0v) is 21.3. The summed E-state index contributed by atoms with van der Waals surface area (Å²) in [6.45, 7) is 5.66. The molecule has 0 aromatic heterocycles. The number of halogens is 1. The van der Waals surface area contributed by atoms with Crippen LogP contribution in [-0.4, -0.2) is 85.5 Å². The first-order chi connectivity index (χ1) is 13.7. The minimum absolute atomic E-state index is 0. The summed E-state index contributed by atoms with van der Waals surface area (Å²) >= 11 is 2.00. The summed E-state index contributed by atoms with van der Waals surface area (Å²) in [5.41, 5.74) is 0. The molecule has 2 atom stereocenters. The average Bonchev–Trinajstić information content (AvgIpc) is 3.28. The van der Waals surface area contributed by atoms with Gasteiger partial charge in [0.25, 0.3) is 0 Å². The summed E-state index contributed by atoms with van der Waals surface area (Å²) in [7, 11) is 1.86. The van der Waals surface area contributed by atoms with Gasteiger partial charge in [0.2, 0.25) is 5.91 Å². The maximum atomic E-state index is 12.6. The predicted octanol–water partition coefficient (Wildman–Crippen LogP) is 2.78. The molecule has 3 fully saturated rings. The van der Waals surface area contributed by atoms with Crippen LogP contribution in [0.15, 0.2) is 4.99 Å². The number of rotatable bonds is 6. The van der Waals surface area contributed by atoms with Crippen LogP contribution in [0.2, 0.25) is 0 Å². The normalized spacial score (nSPS) is 26.8. The van der Waals surface area contributed by atoms with E-state index in [0.29, 0.717) is 17.9 Å². The standard InChI is InChI=1S/C21H39N5OS.HI/c1-22-21(24-18-8-5-9-19(16-18)28-2)23-10-11-25-12-14-26(15-13-25)20(27)17-6-3-4-7-17;/h17-19H,3-16H2,1-2H3,(H2,22,23,24);1H. The SMILES string of the molecule is CN=C(NCCN1CCN(C(=O)C2CCCC2)CC1)NC1CCCC(SC)C1.I. The van der Waals surface area contributed by atoms with Gasteiger partial charge in [-0.15, -0.1) is 24.0 Å². The summed E-state index contributed by atoms with van der Waals surface area (Å²) in [5.74, 6) is 1.66. The molecule has 0 radical (unpaired) electrons. The first-order valence-electron chi connectivity index (χ1n) is 11.2. The summed E-state index contributed by atoms with van der Waals surface area (Å²) in [6, 6.07) is 0.544. The molecule has 0 bridgehead atoms. The molecule has 2 saturated carbocycles. The Morgan fingerprint density at radius 2 is 1.79 bits per heavy atom. The largest absolute Gasteiger partial charge is 0.355 e. The Kier molecular flexibility index (Phi) is 11.4. The van der Waals surface area contributed by atoms with Crippen molar-refractivity contribution in [3.8, 4) is 0 Å². The van der Waals surface area contributed by atoms with Crippen molar-refractivity contribution in [2.45, 2.75) is 62.7 Å². The number of nitrogens with zero attached hydrogens (tertiary/aromatic N) is 3. The number of hydrogen-bond donors (Lipinski definition) is 2. The molecule has 2 N–H and O–H groups in total. The molecule has 1 aliphatic heterocycles. The Labute approximate surface area is 198 Å². The van der Waals surface area contributed by atoms with Gasteiger partial charge >= 0.3 is 0 Å². The molecule has 3 aliphatic rings. The van der Waals surface area contributed by atoms with E-state index in [9.17, 15) is 4.79 Å². The number of nitrogens with one attached hydrogen (secondary N) is 2. The van der Waals surface area contributed by atoms with Gasteiger partial charge in [0.1, 0.15) is 0 Å². The summed E-state index contributed by atoms with van der Waals surface area (Å²) in [4.78, 5) is 21.5. The van der Waals surface area contributed by atoms with Crippen LogP contribution in [0.25, 0.3) is 0 Å². The van der Waals surface area contributed by atoms with Gasteiger partial charge in [-0.3, -0.25) is 14.7 Å². The van der Waals surface area contributed by atoms with E-state index in [0.717, 1.165) is 63.3 Å². The molecule has 2 unspecified atom stereocenters. The number of thioether (sulfide) groups is 1. The van der Waals surface area contributed by atoms with Crippen molar-refractivity contribution in [1.82, 2.24) is 20.4 Å². The summed E-state index contributed by atoms with van der Waals surface area (Å²) in [5, 5.41) is 7.89. The zero-order chi connectivity index (χ0) is 19.8. The summed E-state index contributed by atoms with van der Waals surface area (Å²) < 4.78 is 0. The molecule has 29 heavy (non-hydrogen) atoms. The average molecular weight is 538 g/mol. The molecule has 0 aromatic carbocycles. The lowest BCUT2D eigenvalue weighted by molar-refractivity contribution is -0.137. The number of piperazine rings is 1. The van der Waals surface area contributed by atoms with E-state index in [1.54, 1.807) is 0 Å². The Balaban J connectivity index is 0.00000300. The van der Waals surface area contributed by atoms with Crippen LogP contribution in [0.1, 0.15) is 51.4 Å². The highest BCUT2D eigenvalue weighted by Gasteiger charge is 2.29. The number of carbonyl (C=O) groups excluding carboxylic acids is 1. The van der Waals surface area contributed by atoms with E-state index in [4.69, 9.17) is 0 Å². The molecule has 0 spiro atoms. The van der Waals surface area contributed by atoms with Crippen LogP contribution < -0.4 is 10.6 Å². The highest BCUT2D eigenvalue weighted by Crippen LogP contribution is 2.27. The second kappa shape index (κ2) is 13.2. The zero-order valence-electron chi connectivity index (χ0n) is 18.2.